The lowest BCUT2D eigenvalue weighted by molar-refractivity contribution is 0.164. The normalized spacial score (nSPS) is 12.5. The maximum Gasteiger partial charge on any atom is 0.221 e. The van der Waals surface area contributed by atoms with Crippen LogP contribution in [0.2, 0.25) is 0 Å². The zero-order valence-corrected chi connectivity index (χ0v) is 9.45. The number of methoxy groups -OCH3 is 1. The van der Waals surface area contributed by atoms with Gasteiger partial charge in [-0.1, -0.05) is 6.92 Å². The Balaban J connectivity index is 2.53. The molecule has 1 unspecified atom stereocenters. The molecule has 1 atom stereocenters. The summed E-state index contributed by atoms with van der Waals surface area (Å²) in [5.41, 5.74) is 6.50. The number of nitrogen functional groups attached to an aromatic ring is 1. The van der Waals surface area contributed by atoms with E-state index in [2.05, 4.69) is 22.2 Å². The highest BCUT2D eigenvalue weighted by Crippen LogP contribution is 2.11. The predicted octanol–water partition coefficient (Wildman–Crippen LogP) is 1.06. The largest absolute Gasteiger partial charge is 0.384 e. The highest BCUT2D eigenvalue weighted by molar-refractivity contribution is 5.44. The molecule has 0 aliphatic carbocycles. The van der Waals surface area contributed by atoms with E-state index in [-0.39, 0.29) is 0 Å². The van der Waals surface area contributed by atoms with Gasteiger partial charge in [0.15, 0.2) is 0 Å². The molecule has 84 valence electrons. The van der Waals surface area contributed by atoms with E-state index in [1.807, 2.05) is 6.92 Å². The van der Waals surface area contributed by atoms with Crippen LogP contribution in [0.4, 0.5) is 11.8 Å². The minimum Gasteiger partial charge on any atom is -0.384 e. The fraction of sp³-hybridized carbons (Fsp3) is 0.600. The number of hydrogen-bond donors (Lipinski definition) is 2. The van der Waals surface area contributed by atoms with Gasteiger partial charge in [-0.05, 0) is 12.8 Å². The van der Waals surface area contributed by atoms with Gasteiger partial charge in [-0.25, -0.2) is 4.98 Å². The first kappa shape index (κ1) is 11.7. The van der Waals surface area contributed by atoms with Crippen LogP contribution in [0.1, 0.15) is 12.5 Å². The van der Waals surface area contributed by atoms with Crippen molar-refractivity contribution < 1.29 is 4.74 Å². The monoisotopic (exact) mass is 210 g/mol. The smallest absolute Gasteiger partial charge is 0.221 e. The van der Waals surface area contributed by atoms with Crippen LogP contribution < -0.4 is 11.1 Å². The maximum atomic E-state index is 5.51. The molecular weight excluding hydrogens is 192 g/mol. The summed E-state index contributed by atoms with van der Waals surface area (Å²) in [5, 5.41) is 3.23. The Bertz CT molecular complexity index is 316. The van der Waals surface area contributed by atoms with Gasteiger partial charge in [0.25, 0.3) is 0 Å². The molecule has 0 aliphatic rings. The molecule has 0 aromatic carbocycles. The van der Waals surface area contributed by atoms with E-state index in [1.165, 1.54) is 0 Å². The van der Waals surface area contributed by atoms with E-state index < -0.39 is 0 Å². The first-order chi connectivity index (χ1) is 7.13. The number of nitrogens with two attached hydrogens (primary N) is 1. The number of aromatic nitrogens is 2. The Kier molecular flexibility index (Phi) is 4.30. The molecule has 0 spiro atoms. The fourth-order valence-electron chi connectivity index (χ4n) is 1.25. The molecule has 0 saturated heterocycles. The number of rotatable bonds is 5. The molecule has 0 bridgehead atoms. The van der Waals surface area contributed by atoms with Crippen molar-refractivity contribution in [1.29, 1.82) is 0 Å². The van der Waals surface area contributed by atoms with Crippen molar-refractivity contribution >= 4 is 11.8 Å². The van der Waals surface area contributed by atoms with Gasteiger partial charge < -0.3 is 15.8 Å². The highest BCUT2D eigenvalue weighted by Gasteiger charge is 2.04. The third-order valence-corrected chi connectivity index (χ3v) is 2.06. The number of hydrogen-bond acceptors (Lipinski definition) is 5. The van der Waals surface area contributed by atoms with Crippen molar-refractivity contribution in [1.82, 2.24) is 9.97 Å². The lowest BCUT2D eigenvalue weighted by Crippen LogP contribution is -2.17. The molecule has 1 aromatic rings. The molecule has 0 radical (unpaired) electrons. The Hall–Kier alpha value is -1.36. The second kappa shape index (κ2) is 5.50. The summed E-state index contributed by atoms with van der Waals surface area (Å²) in [6.07, 6.45) is 1.71. The molecule has 1 aromatic heterocycles. The van der Waals surface area contributed by atoms with Crippen molar-refractivity contribution in [3.8, 4) is 0 Å². The molecule has 1 heterocycles. The Morgan fingerprint density at radius 3 is 3.00 bits per heavy atom. The van der Waals surface area contributed by atoms with Crippen molar-refractivity contribution in [2.24, 2.45) is 5.92 Å². The van der Waals surface area contributed by atoms with Crippen LogP contribution in [0.5, 0.6) is 0 Å². The van der Waals surface area contributed by atoms with Crippen molar-refractivity contribution in [2.75, 3.05) is 31.3 Å². The zero-order chi connectivity index (χ0) is 11.3. The van der Waals surface area contributed by atoms with Crippen LogP contribution in [0.15, 0.2) is 6.20 Å². The molecule has 5 heteroatoms. The number of anilines is 2. The van der Waals surface area contributed by atoms with E-state index in [4.69, 9.17) is 10.5 Å². The molecule has 0 saturated carbocycles. The molecule has 1 rings (SSSR count). The summed E-state index contributed by atoms with van der Waals surface area (Å²) < 4.78 is 5.05. The topological polar surface area (TPSA) is 73.1 Å². The minimum absolute atomic E-state index is 0.294. The lowest BCUT2D eigenvalue weighted by atomic mass is 10.2. The average Bonchev–Trinajstić information content (AvgIpc) is 2.20. The molecular formula is C10H18N4O. The van der Waals surface area contributed by atoms with E-state index >= 15 is 0 Å². The van der Waals surface area contributed by atoms with Crippen LogP contribution in [0, 0.1) is 12.8 Å². The maximum absolute atomic E-state index is 5.51. The van der Waals surface area contributed by atoms with Gasteiger partial charge in [0.1, 0.15) is 5.82 Å². The minimum atomic E-state index is 0.294. The number of nitrogens with zero attached hydrogens (tertiary/aromatic N) is 2. The van der Waals surface area contributed by atoms with Crippen LogP contribution in [0.25, 0.3) is 0 Å². The third kappa shape index (κ3) is 3.71. The summed E-state index contributed by atoms with van der Waals surface area (Å²) in [4.78, 5) is 8.02. The number of ether oxygens (including phenoxy) is 1. The van der Waals surface area contributed by atoms with Crippen LogP contribution in [-0.4, -0.2) is 30.2 Å². The Morgan fingerprint density at radius 1 is 1.60 bits per heavy atom. The van der Waals surface area contributed by atoms with Gasteiger partial charge in [0.2, 0.25) is 5.95 Å². The van der Waals surface area contributed by atoms with E-state index in [0.717, 1.165) is 24.5 Å². The molecule has 0 aliphatic heterocycles. The SMILES string of the molecule is COCC(C)CNc1nc(N)ncc1C. The van der Waals surface area contributed by atoms with Crippen LogP contribution in [-0.2, 0) is 4.74 Å². The summed E-state index contributed by atoms with van der Waals surface area (Å²) >= 11 is 0. The van der Waals surface area contributed by atoms with Gasteiger partial charge in [-0.15, -0.1) is 0 Å². The Morgan fingerprint density at radius 2 is 2.33 bits per heavy atom. The molecule has 0 fully saturated rings. The number of aryl methyl sites for hydroxylation is 1. The summed E-state index contributed by atoms with van der Waals surface area (Å²) in [6.45, 7) is 5.59. The van der Waals surface area contributed by atoms with Crippen molar-refractivity contribution in [3.63, 3.8) is 0 Å². The summed E-state index contributed by atoms with van der Waals surface area (Å²) in [5.74, 6) is 1.53. The third-order valence-electron chi connectivity index (χ3n) is 2.06. The summed E-state index contributed by atoms with van der Waals surface area (Å²) in [6, 6.07) is 0. The first-order valence-electron chi connectivity index (χ1n) is 4.95. The van der Waals surface area contributed by atoms with Gasteiger partial charge in [0, 0.05) is 25.4 Å². The Labute approximate surface area is 90.1 Å². The van der Waals surface area contributed by atoms with Crippen molar-refractivity contribution in [2.45, 2.75) is 13.8 Å². The quantitative estimate of drug-likeness (QED) is 0.760. The van der Waals surface area contributed by atoms with Gasteiger partial charge in [0.05, 0.1) is 6.61 Å². The molecule has 3 N–H and O–H groups in total. The van der Waals surface area contributed by atoms with Crippen molar-refractivity contribution in [3.05, 3.63) is 11.8 Å². The molecule has 15 heavy (non-hydrogen) atoms. The zero-order valence-electron chi connectivity index (χ0n) is 9.45. The second-order valence-corrected chi connectivity index (χ2v) is 3.70. The molecule has 0 amide bonds. The summed E-state index contributed by atoms with van der Waals surface area (Å²) in [7, 11) is 1.70. The van der Waals surface area contributed by atoms with Gasteiger partial charge in [-0.3, -0.25) is 0 Å². The lowest BCUT2D eigenvalue weighted by Gasteiger charge is -2.13. The van der Waals surface area contributed by atoms with Crippen LogP contribution in [0.3, 0.4) is 0 Å². The highest BCUT2D eigenvalue weighted by atomic mass is 16.5. The average molecular weight is 210 g/mol. The first-order valence-corrected chi connectivity index (χ1v) is 4.95. The van der Waals surface area contributed by atoms with E-state index in [9.17, 15) is 0 Å². The van der Waals surface area contributed by atoms with E-state index in [1.54, 1.807) is 13.3 Å². The van der Waals surface area contributed by atoms with Crippen LogP contribution >= 0.6 is 0 Å². The fourth-order valence-corrected chi connectivity index (χ4v) is 1.25. The van der Waals surface area contributed by atoms with Gasteiger partial charge in [-0.2, -0.15) is 4.98 Å². The predicted molar refractivity (Wildman–Crippen MR) is 60.7 cm³/mol. The standard InChI is InChI=1S/C10H18N4O/c1-7(6-15-3)4-12-9-8(2)5-13-10(11)14-9/h5,7H,4,6H2,1-3H3,(H3,11,12,13,14). The second-order valence-electron chi connectivity index (χ2n) is 3.70. The molecule has 5 nitrogen and oxygen atoms in total. The van der Waals surface area contributed by atoms with E-state index in [0.29, 0.717) is 11.9 Å². The number of nitrogens with one attached hydrogen (secondary N) is 1. The van der Waals surface area contributed by atoms with Gasteiger partial charge >= 0.3 is 0 Å².